The van der Waals surface area contributed by atoms with Crippen LogP contribution in [0.5, 0.6) is 11.5 Å². The number of carbonyl (C=O) groups is 1. The molecule has 194 valence electrons. The highest BCUT2D eigenvalue weighted by molar-refractivity contribution is 5.71. The van der Waals surface area contributed by atoms with E-state index in [1.807, 2.05) is 18.2 Å². The normalized spacial score (nSPS) is 17.0. The second-order valence-electron chi connectivity index (χ2n) is 10.1. The van der Waals surface area contributed by atoms with Gasteiger partial charge in [0.25, 0.3) is 0 Å². The molecule has 3 aliphatic rings. The molecule has 6 rings (SSSR count). The van der Waals surface area contributed by atoms with E-state index >= 15 is 0 Å². The van der Waals surface area contributed by atoms with Crippen molar-refractivity contribution in [1.29, 1.82) is 0 Å². The number of anilines is 1. The summed E-state index contributed by atoms with van der Waals surface area (Å²) in [7, 11) is 0. The van der Waals surface area contributed by atoms with E-state index in [0.29, 0.717) is 36.1 Å². The maximum Gasteiger partial charge on any atom is 0.306 e. The van der Waals surface area contributed by atoms with Gasteiger partial charge < -0.3 is 24.1 Å². The zero-order valence-electron chi connectivity index (χ0n) is 20.9. The van der Waals surface area contributed by atoms with E-state index in [2.05, 4.69) is 27.6 Å². The van der Waals surface area contributed by atoms with Gasteiger partial charge in [-0.05, 0) is 74.3 Å². The van der Waals surface area contributed by atoms with Crippen LogP contribution in [0.4, 0.5) is 5.82 Å². The number of fused-ring (bicyclic) bond motifs is 2. The van der Waals surface area contributed by atoms with Crippen molar-refractivity contribution in [3.63, 3.8) is 0 Å². The van der Waals surface area contributed by atoms with Crippen LogP contribution in [0.2, 0.25) is 0 Å². The monoisotopic (exact) mass is 504 g/mol. The van der Waals surface area contributed by atoms with Gasteiger partial charge in [0.2, 0.25) is 12.7 Å². The maximum atomic E-state index is 12.7. The number of carbonyl (C=O) groups excluding carboxylic acids is 1. The van der Waals surface area contributed by atoms with Crippen molar-refractivity contribution in [2.75, 3.05) is 18.7 Å². The van der Waals surface area contributed by atoms with E-state index in [4.69, 9.17) is 23.7 Å². The topological polar surface area (TPSA) is 109 Å². The minimum Gasteiger partial charge on any atom is -0.462 e. The van der Waals surface area contributed by atoms with Crippen LogP contribution in [0.15, 0.2) is 34.9 Å². The number of pyridine rings is 1. The average molecular weight is 505 g/mol. The summed E-state index contributed by atoms with van der Waals surface area (Å²) >= 11 is 0. The molecule has 0 unspecified atom stereocenters. The van der Waals surface area contributed by atoms with Gasteiger partial charge in [-0.15, -0.1) is 0 Å². The summed E-state index contributed by atoms with van der Waals surface area (Å²) < 4.78 is 22.2. The molecule has 9 heteroatoms. The summed E-state index contributed by atoms with van der Waals surface area (Å²) in [5, 5.41) is 7.58. The average Bonchev–Trinajstić information content (AvgIpc) is 3.55. The number of benzene rings is 1. The third-order valence-electron chi connectivity index (χ3n) is 7.35. The number of hydrogen-bond donors (Lipinski definition) is 1. The fourth-order valence-electron chi connectivity index (χ4n) is 5.02. The molecule has 2 aromatic heterocycles. The minimum absolute atomic E-state index is 0.0558. The Bertz CT molecular complexity index is 1260. The van der Waals surface area contributed by atoms with Crippen molar-refractivity contribution in [1.82, 2.24) is 15.1 Å². The predicted molar refractivity (Wildman–Crippen MR) is 135 cm³/mol. The van der Waals surface area contributed by atoms with Gasteiger partial charge in [-0.2, -0.15) is 4.98 Å². The number of hydrogen-bond acceptors (Lipinski definition) is 9. The molecular formula is C28H32N4O5. The Labute approximate surface area is 215 Å². The van der Waals surface area contributed by atoms with E-state index in [1.165, 1.54) is 5.56 Å². The lowest BCUT2D eigenvalue weighted by molar-refractivity contribution is -0.153. The Morgan fingerprint density at radius 3 is 2.89 bits per heavy atom. The van der Waals surface area contributed by atoms with Crippen molar-refractivity contribution in [3.05, 3.63) is 58.9 Å². The first-order valence-corrected chi connectivity index (χ1v) is 13.3. The molecule has 0 bridgehead atoms. The predicted octanol–water partition coefficient (Wildman–Crippen LogP) is 4.54. The van der Waals surface area contributed by atoms with E-state index < -0.39 is 0 Å². The summed E-state index contributed by atoms with van der Waals surface area (Å²) in [6.45, 7) is 1.19. The number of ether oxygens (including phenoxy) is 3. The zero-order valence-corrected chi connectivity index (χ0v) is 20.9. The van der Waals surface area contributed by atoms with E-state index in [0.717, 1.165) is 68.6 Å². The van der Waals surface area contributed by atoms with Gasteiger partial charge in [0.15, 0.2) is 17.3 Å². The molecule has 1 atom stereocenters. The van der Waals surface area contributed by atoms with E-state index in [1.54, 1.807) is 0 Å². The molecule has 4 heterocycles. The molecule has 0 radical (unpaired) electrons. The van der Waals surface area contributed by atoms with Crippen LogP contribution < -0.4 is 14.8 Å². The molecule has 2 aliphatic heterocycles. The first kappa shape index (κ1) is 23.8. The summed E-state index contributed by atoms with van der Waals surface area (Å²) in [5.74, 6) is 3.26. The smallest absolute Gasteiger partial charge is 0.306 e. The van der Waals surface area contributed by atoms with Crippen LogP contribution in [0, 0.1) is 0 Å². The van der Waals surface area contributed by atoms with Crippen LogP contribution in [0.1, 0.15) is 73.0 Å². The zero-order chi connectivity index (χ0) is 25.0. The van der Waals surface area contributed by atoms with Crippen molar-refractivity contribution in [3.8, 4) is 11.5 Å². The second kappa shape index (κ2) is 10.8. The molecular weight excluding hydrogens is 472 g/mol. The molecule has 3 aromatic rings. The number of esters is 1. The molecule has 0 spiro atoms. The number of rotatable bonds is 10. The van der Waals surface area contributed by atoms with Crippen LogP contribution in [-0.2, 0) is 35.2 Å². The largest absolute Gasteiger partial charge is 0.462 e. The number of aryl methyl sites for hydroxylation is 3. The summed E-state index contributed by atoms with van der Waals surface area (Å²) in [4.78, 5) is 22.1. The van der Waals surface area contributed by atoms with Gasteiger partial charge in [0.1, 0.15) is 11.9 Å². The molecule has 0 saturated heterocycles. The molecule has 1 aromatic carbocycles. The number of aromatic nitrogens is 3. The number of nitrogens with zero attached hydrogens (tertiary/aromatic N) is 3. The van der Waals surface area contributed by atoms with Gasteiger partial charge in [-0.1, -0.05) is 17.3 Å². The molecule has 1 aliphatic carbocycles. The second-order valence-corrected chi connectivity index (χ2v) is 10.1. The Kier molecular flexibility index (Phi) is 6.92. The van der Waals surface area contributed by atoms with Crippen LogP contribution >= 0.6 is 0 Å². The fourth-order valence-corrected chi connectivity index (χ4v) is 5.02. The van der Waals surface area contributed by atoms with Crippen LogP contribution in [0.25, 0.3) is 0 Å². The minimum atomic E-state index is -0.195. The van der Waals surface area contributed by atoms with Crippen molar-refractivity contribution in [2.24, 2.45) is 0 Å². The van der Waals surface area contributed by atoms with Gasteiger partial charge in [0, 0.05) is 31.0 Å². The third kappa shape index (κ3) is 5.70. The standard InChI is InChI=1S/C28H32N4O5/c33-27(36-22-6-2-7-22)16-20(19-10-12-23-24(14-19)35-17-34-23)15-26-31-25(32-37-26)8-1-5-21-11-9-18-4-3-13-29-28(18)30-21/h9-12,14,20,22H,1-8,13,15-17H2,(H,29,30)/t20-/m0/s1. The van der Waals surface area contributed by atoms with Gasteiger partial charge in [0.05, 0.1) is 6.42 Å². The Morgan fingerprint density at radius 2 is 2.00 bits per heavy atom. The highest BCUT2D eigenvalue weighted by Gasteiger charge is 2.27. The molecule has 1 fully saturated rings. The van der Waals surface area contributed by atoms with Gasteiger partial charge >= 0.3 is 5.97 Å². The Hall–Kier alpha value is -3.62. The Balaban J connectivity index is 1.08. The quantitative estimate of drug-likeness (QED) is 0.398. The SMILES string of the molecule is O=C(C[C@H](Cc1nc(CCCc2ccc3c(n2)NCCC3)no1)c1ccc2c(c1)OCO2)OC1CCC1. The first-order chi connectivity index (χ1) is 18.2. The third-order valence-corrected chi connectivity index (χ3v) is 7.35. The number of nitrogens with one attached hydrogen (secondary N) is 1. The Morgan fingerprint density at radius 1 is 1.08 bits per heavy atom. The van der Waals surface area contributed by atoms with Gasteiger partial charge in [-0.3, -0.25) is 4.79 Å². The van der Waals surface area contributed by atoms with Crippen LogP contribution in [0.3, 0.4) is 0 Å². The highest BCUT2D eigenvalue weighted by atomic mass is 16.7. The molecule has 37 heavy (non-hydrogen) atoms. The summed E-state index contributed by atoms with van der Waals surface area (Å²) in [6.07, 6.45) is 8.45. The molecule has 0 amide bonds. The molecule has 1 N–H and O–H groups in total. The van der Waals surface area contributed by atoms with E-state index in [-0.39, 0.29) is 31.2 Å². The summed E-state index contributed by atoms with van der Waals surface area (Å²) in [5.41, 5.74) is 3.33. The molecule has 9 nitrogen and oxygen atoms in total. The van der Waals surface area contributed by atoms with Crippen molar-refractivity contribution >= 4 is 11.8 Å². The highest BCUT2D eigenvalue weighted by Crippen LogP contribution is 2.37. The lowest BCUT2D eigenvalue weighted by Crippen LogP contribution is -2.26. The van der Waals surface area contributed by atoms with E-state index in [9.17, 15) is 4.79 Å². The van der Waals surface area contributed by atoms with Gasteiger partial charge in [-0.25, -0.2) is 4.98 Å². The lowest BCUT2D eigenvalue weighted by Gasteiger charge is -2.26. The summed E-state index contributed by atoms with van der Waals surface area (Å²) in [6, 6.07) is 10.1. The van der Waals surface area contributed by atoms with Crippen molar-refractivity contribution < 1.29 is 23.5 Å². The lowest BCUT2D eigenvalue weighted by atomic mass is 9.91. The first-order valence-electron chi connectivity index (χ1n) is 13.3. The fraction of sp³-hybridized carbons (Fsp3) is 0.500. The van der Waals surface area contributed by atoms with Crippen LogP contribution in [-0.4, -0.2) is 40.5 Å². The maximum absolute atomic E-state index is 12.7. The van der Waals surface area contributed by atoms with Crippen molar-refractivity contribution in [2.45, 2.75) is 76.2 Å². The molecule has 1 saturated carbocycles.